The summed E-state index contributed by atoms with van der Waals surface area (Å²) in [5, 5.41) is 2.93. The normalized spacial score (nSPS) is 15.7. The Morgan fingerprint density at radius 2 is 1.74 bits per heavy atom. The number of hydrogen-bond acceptors (Lipinski definition) is 5. The van der Waals surface area contributed by atoms with E-state index in [-0.39, 0.29) is 5.03 Å². The third kappa shape index (κ3) is 3.04. The molecule has 1 heterocycles. The summed E-state index contributed by atoms with van der Waals surface area (Å²) in [6.07, 6.45) is 1.96. The van der Waals surface area contributed by atoms with E-state index in [1.807, 2.05) is 28.4 Å². The second-order valence-corrected chi connectivity index (χ2v) is 9.26. The molecule has 0 spiro atoms. The van der Waals surface area contributed by atoms with E-state index in [1.54, 1.807) is 6.92 Å². The molecule has 0 saturated carbocycles. The van der Waals surface area contributed by atoms with Crippen LogP contribution in [0.2, 0.25) is 0 Å². The van der Waals surface area contributed by atoms with E-state index in [9.17, 15) is 16.8 Å². The molecule has 1 aromatic heterocycles. The van der Waals surface area contributed by atoms with Crippen molar-refractivity contribution in [3.63, 3.8) is 0 Å². The lowest BCUT2D eigenvalue weighted by Gasteiger charge is -2.13. The molecule has 3 rings (SSSR count). The van der Waals surface area contributed by atoms with Crippen LogP contribution in [0.4, 0.5) is 0 Å². The lowest BCUT2D eigenvalue weighted by Crippen LogP contribution is -2.39. The molecule has 7 nitrogen and oxygen atoms in total. The van der Waals surface area contributed by atoms with Crippen LogP contribution in [0.5, 0.6) is 0 Å². The maximum atomic E-state index is 12.5. The number of benzene rings is 1. The maximum absolute atomic E-state index is 12.5. The van der Waals surface area contributed by atoms with Crippen LogP contribution in [0.15, 0.2) is 41.6 Å². The smallest absolute Gasteiger partial charge is 0.253 e. The summed E-state index contributed by atoms with van der Waals surface area (Å²) in [5.41, 5.74) is 1.89. The summed E-state index contributed by atoms with van der Waals surface area (Å²) in [4.78, 5) is 0. The van der Waals surface area contributed by atoms with Crippen LogP contribution in [-0.4, -0.2) is 31.9 Å². The number of sulfonamides is 2. The number of nitrogens with zero attached hydrogens (tertiary/aromatic N) is 2. The Hall–Kier alpha value is -1.71. The number of rotatable bonds is 5. The largest absolute Gasteiger partial charge is 0.270 e. The highest BCUT2D eigenvalue weighted by atomic mass is 32.3. The fourth-order valence-corrected chi connectivity index (χ4v) is 6.39. The molecule has 0 bridgehead atoms. The number of nitrogens with one attached hydrogen (secondary N) is 1. The molecule has 9 heteroatoms. The Balaban J connectivity index is 1.85. The van der Waals surface area contributed by atoms with Crippen LogP contribution >= 0.6 is 0 Å². The van der Waals surface area contributed by atoms with Crippen LogP contribution in [0.25, 0.3) is 0 Å². The molecule has 1 aromatic carbocycles. The van der Waals surface area contributed by atoms with Gasteiger partial charge in [-0.15, -0.1) is 4.13 Å². The number of fused-ring (bicyclic) bond motifs is 1. The van der Waals surface area contributed by atoms with Gasteiger partial charge in [-0.05, 0) is 37.0 Å². The van der Waals surface area contributed by atoms with Gasteiger partial charge in [0.25, 0.3) is 10.0 Å². The van der Waals surface area contributed by atoms with Crippen LogP contribution in [0.3, 0.4) is 0 Å². The fourth-order valence-electron chi connectivity index (χ4n) is 2.79. The first-order valence-corrected chi connectivity index (χ1v) is 10.2. The molecule has 0 radical (unpaired) electrons. The lowest BCUT2D eigenvalue weighted by atomic mass is 10.1. The molecular formula is C14H17N3O4S2. The Bertz CT molecular complexity index is 907. The first-order chi connectivity index (χ1) is 10.8. The molecule has 0 atom stereocenters. The SMILES string of the molecule is CCn1nccc1S(=O)(=O)NS(=O)(=O)C1Cc2ccccc2C1. The van der Waals surface area contributed by atoms with Crippen molar-refractivity contribution in [2.75, 3.05) is 0 Å². The highest BCUT2D eigenvalue weighted by molar-refractivity contribution is 8.05. The second kappa shape index (κ2) is 5.73. The van der Waals surface area contributed by atoms with Gasteiger partial charge in [0.05, 0.1) is 11.4 Å². The zero-order valence-electron chi connectivity index (χ0n) is 12.5. The molecule has 1 N–H and O–H groups in total. The van der Waals surface area contributed by atoms with Gasteiger partial charge in [-0.25, -0.2) is 16.8 Å². The molecule has 1 aliphatic rings. The topological polar surface area (TPSA) is 98.1 Å². The van der Waals surface area contributed by atoms with Crippen molar-refractivity contribution in [3.8, 4) is 0 Å². The molecule has 0 unspecified atom stereocenters. The van der Waals surface area contributed by atoms with Gasteiger partial charge in [0, 0.05) is 6.54 Å². The van der Waals surface area contributed by atoms with Crippen molar-refractivity contribution in [2.24, 2.45) is 0 Å². The zero-order valence-corrected chi connectivity index (χ0v) is 14.1. The number of hydrogen-bond donors (Lipinski definition) is 1. The molecule has 0 fully saturated rings. The summed E-state index contributed by atoms with van der Waals surface area (Å²) >= 11 is 0. The predicted octanol–water partition coefficient (Wildman–Crippen LogP) is 0.679. The maximum Gasteiger partial charge on any atom is 0.270 e. The third-order valence-electron chi connectivity index (χ3n) is 3.93. The molecule has 2 aromatic rings. The minimum absolute atomic E-state index is 0.154. The van der Waals surface area contributed by atoms with Crippen LogP contribution in [0.1, 0.15) is 18.1 Å². The Morgan fingerprint density at radius 1 is 1.13 bits per heavy atom. The van der Waals surface area contributed by atoms with Crippen molar-refractivity contribution in [1.29, 1.82) is 0 Å². The van der Waals surface area contributed by atoms with Crippen molar-refractivity contribution in [2.45, 2.75) is 36.6 Å². The Morgan fingerprint density at radius 3 is 2.30 bits per heavy atom. The first kappa shape index (κ1) is 16.2. The molecule has 0 saturated heterocycles. The minimum atomic E-state index is -4.18. The van der Waals surface area contributed by atoms with E-state index in [2.05, 4.69) is 5.10 Å². The number of aromatic nitrogens is 2. The second-order valence-electron chi connectivity index (χ2n) is 5.42. The van der Waals surface area contributed by atoms with Crippen LogP contribution in [0, 0.1) is 0 Å². The molecular weight excluding hydrogens is 338 g/mol. The molecule has 1 aliphatic carbocycles. The van der Waals surface area contributed by atoms with Crippen molar-refractivity contribution < 1.29 is 16.8 Å². The van der Waals surface area contributed by atoms with E-state index in [0.717, 1.165) is 11.1 Å². The van der Waals surface area contributed by atoms with E-state index in [4.69, 9.17) is 0 Å². The van der Waals surface area contributed by atoms with Crippen molar-refractivity contribution >= 4 is 20.0 Å². The lowest BCUT2D eigenvalue weighted by molar-refractivity contribution is 0.545. The average Bonchev–Trinajstić information content (AvgIpc) is 3.13. The molecule has 0 amide bonds. The van der Waals surface area contributed by atoms with Crippen molar-refractivity contribution in [3.05, 3.63) is 47.7 Å². The van der Waals surface area contributed by atoms with Crippen LogP contribution in [-0.2, 0) is 39.4 Å². The number of aryl methyl sites for hydroxylation is 1. The first-order valence-electron chi connectivity index (χ1n) is 7.19. The van der Waals surface area contributed by atoms with Crippen LogP contribution < -0.4 is 4.13 Å². The average molecular weight is 355 g/mol. The summed E-state index contributed by atoms with van der Waals surface area (Å²) in [7, 11) is -8.20. The van der Waals surface area contributed by atoms with Crippen molar-refractivity contribution in [1.82, 2.24) is 13.9 Å². The van der Waals surface area contributed by atoms with Gasteiger partial charge in [0.2, 0.25) is 10.0 Å². The van der Waals surface area contributed by atoms with E-state index in [0.29, 0.717) is 19.4 Å². The van der Waals surface area contributed by atoms with Gasteiger partial charge in [0.1, 0.15) is 0 Å². The standard InChI is InChI=1S/C14H17N3O4S2/c1-2-17-14(7-8-15-17)23(20,21)16-22(18,19)13-9-11-5-3-4-6-12(11)10-13/h3-8,13,16H,2,9-10H2,1H3. The molecule has 124 valence electrons. The monoisotopic (exact) mass is 355 g/mol. The minimum Gasteiger partial charge on any atom is -0.253 e. The van der Waals surface area contributed by atoms with E-state index < -0.39 is 25.3 Å². The van der Waals surface area contributed by atoms with E-state index in [1.165, 1.54) is 16.9 Å². The quantitative estimate of drug-likeness (QED) is 0.850. The van der Waals surface area contributed by atoms with E-state index >= 15 is 0 Å². The highest BCUT2D eigenvalue weighted by Crippen LogP contribution is 2.26. The summed E-state index contributed by atoms with van der Waals surface area (Å²) in [6, 6.07) is 8.71. The van der Waals surface area contributed by atoms with Gasteiger partial charge in [-0.1, -0.05) is 24.3 Å². The van der Waals surface area contributed by atoms with Gasteiger partial charge in [-0.3, -0.25) is 4.68 Å². The molecule has 0 aliphatic heterocycles. The Kier molecular flexibility index (Phi) is 4.03. The van der Waals surface area contributed by atoms with Gasteiger partial charge < -0.3 is 0 Å². The Labute approximate surface area is 135 Å². The van der Waals surface area contributed by atoms with Gasteiger partial charge in [0.15, 0.2) is 5.03 Å². The summed E-state index contributed by atoms with van der Waals surface area (Å²) in [6.45, 7) is 2.06. The fraction of sp³-hybridized carbons (Fsp3) is 0.357. The third-order valence-corrected chi connectivity index (χ3v) is 7.85. The highest BCUT2D eigenvalue weighted by Gasteiger charge is 2.36. The predicted molar refractivity (Wildman–Crippen MR) is 84.8 cm³/mol. The summed E-state index contributed by atoms with van der Waals surface area (Å²) < 4.78 is 52.8. The molecule has 23 heavy (non-hydrogen) atoms. The van der Waals surface area contributed by atoms with Gasteiger partial charge in [-0.2, -0.15) is 5.10 Å². The van der Waals surface area contributed by atoms with Gasteiger partial charge >= 0.3 is 0 Å². The summed E-state index contributed by atoms with van der Waals surface area (Å²) in [5.74, 6) is 0. The zero-order chi connectivity index (χ0) is 16.7.